The lowest BCUT2D eigenvalue weighted by Gasteiger charge is -2.12. The van der Waals surface area contributed by atoms with Crippen molar-refractivity contribution < 1.29 is 26.9 Å². The Morgan fingerprint density at radius 1 is 0.871 bits per heavy atom. The molecule has 0 N–H and O–H groups in total. The first kappa shape index (κ1) is 21.4. The van der Waals surface area contributed by atoms with Gasteiger partial charge in [-0.15, -0.1) is 0 Å². The van der Waals surface area contributed by atoms with Crippen LogP contribution in [-0.4, -0.2) is 11.7 Å². The second-order valence-electron chi connectivity index (χ2n) is 6.16. The molecule has 2 aromatic carbocycles. The highest BCUT2D eigenvalue weighted by molar-refractivity contribution is 6.30. The number of allylic oxidation sites excluding steroid dienone is 2. The van der Waals surface area contributed by atoms with Crippen LogP contribution in [0.1, 0.15) is 21.5 Å². The Kier molecular flexibility index (Phi) is 6.20. The van der Waals surface area contributed by atoms with Crippen molar-refractivity contribution in [1.29, 1.82) is 5.26 Å². The van der Waals surface area contributed by atoms with Gasteiger partial charge in [-0.3, -0.25) is 4.79 Å². The zero-order valence-corrected chi connectivity index (χ0v) is 15.6. The van der Waals surface area contributed by atoms with Crippen molar-refractivity contribution in [3.63, 3.8) is 0 Å². The summed E-state index contributed by atoms with van der Waals surface area (Å²) in [5.74, 6) is -8.18. The molecule has 0 amide bonds. The van der Waals surface area contributed by atoms with E-state index in [2.05, 4.69) is 0 Å². The van der Waals surface area contributed by atoms with Gasteiger partial charge in [-0.1, -0.05) is 36.4 Å². The summed E-state index contributed by atoms with van der Waals surface area (Å²) in [4.78, 5) is 13.0. The lowest BCUT2D eigenvalue weighted by Crippen LogP contribution is -2.36. The summed E-state index contributed by atoms with van der Waals surface area (Å²) in [6, 6.07) is 14.0. The van der Waals surface area contributed by atoms with Crippen LogP contribution >= 0.6 is 0 Å². The molecular formula is C23H11F4N3O. The van der Waals surface area contributed by atoms with Crippen LogP contribution in [0.15, 0.2) is 60.9 Å². The van der Waals surface area contributed by atoms with Crippen molar-refractivity contribution in [3.05, 3.63) is 106 Å². The average molecular weight is 421 g/mol. The molecule has 3 rings (SSSR count). The van der Waals surface area contributed by atoms with E-state index in [0.717, 1.165) is 10.6 Å². The largest absolute Gasteiger partial charge is 0.758 e. The number of nitrogens with zero attached hydrogens (tertiary/aromatic N) is 3. The van der Waals surface area contributed by atoms with Gasteiger partial charge in [0.2, 0.25) is 0 Å². The van der Waals surface area contributed by atoms with Crippen molar-refractivity contribution in [2.24, 2.45) is 0 Å². The normalized spacial score (nSPS) is 10.9. The Labute approximate surface area is 174 Å². The third-order valence-corrected chi connectivity index (χ3v) is 4.29. The van der Waals surface area contributed by atoms with Gasteiger partial charge in [0, 0.05) is 17.7 Å². The van der Waals surface area contributed by atoms with Crippen LogP contribution in [0.5, 0.6) is 0 Å². The second kappa shape index (κ2) is 8.99. The van der Waals surface area contributed by atoms with Crippen LogP contribution in [0.25, 0.3) is 22.8 Å². The maximum atomic E-state index is 14.7. The third kappa shape index (κ3) is 4.04. The molecule has 0 saturated carbocycles. The Balaban J connectivity index is 2.33. The first-order chi connectivity index (χ1) is 14.9. The molecule has 1 aromatic heterocycles. The van der Waals surface area contributed by atoms with Gasteiger partial charge in [0.1, 0.15) is 0 Å². The summed E-state index contributed by atoms with van der Waals surface area (Å²) in [7, 11) is 0. The fourth-order valence-electron chi connectivity index (χ4n) is 2.87. The Morgan fingerprint density at radius 2 is 1.42 bits per heavy atom. The fraction of sp³-hybridized carbons (Fsp3) is 0. The number of benzene rings is 2. The van der Waals surface area contributed by atoms with E-state index in [-0.39, 0.29) is 0 Å². The first-order valence-corrected chi connectivity index (χ1v) is 8.72. The van der Waals surface area contributed by atoms with Gasteiger partial charge < -0.3 is 5.41 Å². The number of halogens is 4. The molecule has 0 fully saturated rings. The highest BCUT2D eigenvalue weighted by atomic mass is 19.2. The maximum Gasteiger partial charge on any atom is 0.279 e. The summed E-state index contributed by atoms with van der Waals surface area (Å²) in [5, 5.41) is 18.9. The molecule has 0 radical (unpaired) electrons. The minimum atomic E-state index is -2.23. The Hall–Kier alpha value is -4.34. The SMILES string of the molecule is N#C/C(=C\c1ccccc1)c1c(F)c(F)c(F)c(F)c1C(=O)C(=C=[N-])[n+]1ccccc1. The summed E-state index contributed by atoms with van der Waals surface area (Å²) < 4.78 is 58.5. The molecular weight excluding hydrogens is 410 g/mol. The van der Waals surface area contributed by atoms with Gasteiger partial charge in [-0.2, -0.15) is 15.7 Å². The molecule has 8 heteroatoms. The smallest absolute Gasteiger partial charge is 0.279 e. The van der Waals surface area contributed by atoms with E-state index in [4.69, 9.17) is 0 Å². The number of hydrogen-bond acceptors (Lipinski definition) is 2. The van der Waals surface area contributed by atoms with Crippen molar-refractivity contribution >= 4 is 29.0 Å². The van der Waals surface area contributed by atoms with Gasteiger partial charge in [-0.25, -0.2) is 17.6 Å². The summed E-state index contributed by atoms with van der Waals surface area (Å²) in [5.41, 5.74) is -3.29. The number of Topliss-reactive ketones (excluding diaryl/α,β-unsaturated/α-hetero) is 1. The summed E-state index contributed by atoms with van der Waals surface area (Å²) in [6.45, 7) is 0. The van der Waals surface area contributed by atoms with Crippen LogP contribution < -0.4 is 4.57 Å². The van der Waals surface area contributed by atoms with Crippen molar-refractivity contribution in [1.82, 2.24) is 0 Å². The van der Waals surface area contributed by atoms with Crippen LogP contribution in [0.4, 0.5) is 17.6 Å². The molecule has 3 aromatic rings. The van der Waals surface area contributed by atoms with E-state index in [1.807, 2.05) is 0 Å². The number of carbonyl (C=O) groups excluding carboxylic acids is 1. The van der Waals surface area contributed by atoms with Crippen LogP contribution in [0.2, 0.25) is 0 Å². The number of rotatable bonds is 5. The van der Waals surface area contributed by atoms with Crippen molar-refractivity contribution in [3.8, 4) is 6.07 Å². The number of pyridine rings is 1. The quantitative estimate of drug-likeness (QED) is 0.0698. The first-order valence-electron chi connectivity index (χ1n) is 8.72. The minimum absolute atomic E-state index is 0.365. The molecule has 0 saturated heterocycles. The monoisotopic (exact) mass is 421 g/mol. The zero-order chi connectivity index (χ0) is 22.5. The number of nitriles is 1. The standard InChI is InChI=1S/C23H11F4N3O/c24-19-17(15(12-28)11-14-7-3-1-4-8-14)18(20(25)22(27)21(19)26)23(31)16(13-29)30-9-5-2-6-10-30/h1-11H/b15-11+. The molecule has 152 valence electrons. The van der Waals surface area contributed by atoms with Gasteiger partial charge in [0.05, 0.1) is 17.2 Å². The van der Waals surface area contributed by atoms with Crippen molar-refractivity contribution in [2.45, 2.75) is 0 Å². The molecule has 0 bridgehead atoms. The number of aromatic nitrogens is 1. The van der Waals surface area contributed by atoms with E-state index < -0.39 is 51.4 Å². The predicted molar refractivity (Wildman–Crippen MR) is 105 cm³/mol. The van der Waals surface area contributed by atoms with Crippen LogP contribution in [0.3, 0.4) is 0 Å². The molecule has 0 unspecified atom stereocenters. The molecule has 0 aliphatic heterocycles. The molecule has 1 heterocycles. The van der Waals surface area contributed by atoms with Gasteiger partial charge in [0.25, 0.3) is 11.5 Å². The number of ketones is 1. The number of carbonyl (C=O) groups is 1. The number of hydrogen-bond donors (Lipinski definition) is 0. The third-order valence-electron chi connectivity index (χ3n) is 4.29. The van der Waals surface area contributed by atoms with E-state index >= 15 is 0 Å². The zero-order valence-electron chi connectivity index (χ0n) is 15.6. The maximum absolute atomic E-state index is 14.7. The Bertz CT molecular complexity index is 1290. The summed E-state index contributed by atoms with van der Waals surface area (Å²) in [6.07, 6.45) is 3.66. The van der Waals surface area contributed by atoms with Gasteiger partial charge in [-0.05, 0) is 11.6 Å². The van der Waals surface area contributed by atoms with E-state index in [1.165, 1.54) is 36.7 Å². The topological polar surface area (TPSA) is 67.0 Å². The van der Waals surface area contributed by atoms with Gasteiger partial charge >= 0.3 is 0 Å². The lowest BCUT2D eigenvalue weighted by molar-refractivity contribution is -0.575. The van der Waals surface area contributed by atoms with Crippen LogP contribution in [-0.2, 0) is 0 Å². The second-order valence-corrected chi connectivity index (χ2v) is 6.16. The van der Waals surface area contributed by atoms with Crippen LogP contribution in [0, 0.1) is 34.6 Å². The average Bonchev–Trinajstić information content (AvgIpc) is 2.80. The lowest BCUT2D eigenvalue weighted by atomic mass is 9.93. The summed E-state index contributed by atoms with van der Waals surface area (Å²) >= 11 is 0. The molecule has 0 spiro atoms. The van der Waals surface area contributed by atoms with Crippen molar-refractivity contribution in [2.75, 3.05) is 0 Å². The molecule has 0 aliphatic rings. The van der Waals surface area contributed by atoms with E-state index in [9.17, 15) is 33.0 Å². The Morgan fingerprint density at radius 3 is 1.97 bits per heavy atom. The molecule has 0 atom stereocenters. The van der Waals surface area contributed by atoms with Gasteiger partial charge in [0.15, 0.2) is 35.7 Å². The van der Waals surface area contributed by atoms with E-state index in [1.54, 1.807) is 36.2 Å². The molecule has 31 heavy (non-hydrogen) atoms. The molecule has 0 aliphatic carbocycles. The van der Waals surface area contributed by atoms with E-state index in [0.29, 0.717) is 5.56 Å². The highest BCUT2D eigenvalue weighted by Crippen LogP contribution is 2.32. The predicted octanol–water partition coefficient (Wildman–Crippen LogP) is 4.56. The molecule has 4 nitrogen and oxygen atoms in total. The minimum Gasteiger partial charge on any atom is -0.758 e. The highest BCUT2D eigenvalue weighted by Gasteiger charge is 2.34. The fourth-order valence-corrected chi connectivity index (χ4v) is 2.87.